The number of allylic oxidation sites excluding steroid dienone is 1. The number of aliphatic hydroxyl groups is 1. The van der Waals surface area contributed by atoms with E-state index in [-0.39, 0.29) is 17.5 Å². The number of aryl methyl sites for hydroxylation is 1. The van der Waals surface area contributed by atoms with E-state index in [9.17, 15) is 17.9 Å². The van der Waals surface area contributed by atoms with Crippen LogP contribution in [-0.4, -0.2) is 59.9 Å². The van der Waals surface area contributed by atoms with Crippen LogP contribution in [0.5, 0.6) is 0 Å². The SMILES string of the molecule is C=C(C)/C(=N\C(N)=NC1CCN(S(C)(=O)=O)CC1)c1cc(F)c2nc(C)cc(C(C)O)c2c1. The maximum absolute atomic E-state index is 15.0. The highest BCUT2D eigenvalue weighted by Crippen LogP contribution is 2.28. The van der Waals surface area contributed by atoms with Crippen molar-refractivity contribution in [3.05, 3.63) is 53.0 Å². The third-order valence-corrected chi connectivity index (χ3v) is 6.89. The molecule has 1 aliphatic heterocycles. The van der Waals surface area contributed by atoms with Gasteiger partial charge in [-0.1, -0.05) is 6.58 Å². The minimum absolute atomic E-state index is 0.0177. The van der Waals surface area contributed by atoms with Crippen molar-refractivity contribution in [2.75, 3.05) is 19.3 Å². The zero-order valence-electron chi connectivity index (χ0n) is 19.3. The molecule has 0 saturated carbocycles. The Morgan fingerprint density at radius 1 is 1.33 bits per heavy atom. The van der Waals surface area contributed by atoms with E-state index in [4.69, 9.17) is 5.73 Å². The van der Waals surface area contributed by atoms with Gasteiger partial charge in [-0.25, -0.2) is 27.1 Å². The number of piperidine rings is 1. The number of fused-ring (bicyclic) bond motifs is 1. The van der Waals surface area contributed by atoms with Gasteiger partial charge in [0.05, 0.1) is 24.1 Å². The van der Waals surface area contributed by atoms with Gasteiger partial charge < -0.3 is 10.8 Å². The van der Waals surface area contributed by atoms with E-state index in [1.54, 1.807) is 32.9 Å². The molecule has 1 atom stereocenters. The molecule has 1 aromatic carbocycles. The number of aliphatic hydroxyl groups excluding tert-OH is 1. The Labute approximate surface area is 193 Å². The lowest BCUT2D eigenvalue weighted by atomic mass is 9.97. The van der Waals surface area contributed by atoms with Gasteiger partial charge in [0.15, 0.2) is 0 Å². The number of guanidine groups is 1. The molecule has 2 aromatic rings. The first-order valence-corrected chi connectivity index (χ1v) is 12.5. The lowest BCUT2D eigenvalue weighted by Crippen LogP contribution is -2.39. The number of benzene rings is 1. The fourth-order valence-corrected chi connectivity index (χ4v) is 4.84. The molecule has 2 heterocycles. The normalized spacial score (nSPS) is 18.0. The van der Waals surface area contributed by atoms with Gasteiger partial charge in [-0.3, -0.25) is 4.98 Å². The third-order valence-electron chi connectivity index (χ3n) is 5.59. The first kappa shape index (κ1) is 24.9. The molecule has 0 amide bonds. The monoisotopic (exact) mass is 475 g/mol. The predicted octanol–water partition coefficient (Wildman–Crippen LogP) is 2.84. The summed E-state index contributed by atoms with van der Waals surface area (Å²) in [6, 6.07) is 4.62. The predicted molar refractivity (Wildman–Crippen MR) is 129 cm³/mol. The number of rotatable bonds is 5. The second-order valence-corrected chi connectivity index (χ2v) is 10.5. The van der Waals surface area contributed by atoms with E-state index in [2.05, 4.69) is 21.5 Å². The molecule has 1 fully saturated rings. The molecule has 8 nitrogen and oxygen atoms in total. The minimum Gasteiger partial charge on any atom is -0.389 e. The maximum Gasteiger partial charge on any atom is 0.216 e. The molecule has 0 spiro atoms. The van der Waals surface area contributed by atoms with Crippen LogP contribution in [0.3, 0.4) is 0 Å². The van der Waals surface area contributed by atoms with Gasteiger partial charge in [0.1, 0.15) is 11.3 Å². The van der Waals surface area contributed by atoms with Crippen LogP contribution in [-0.2, 0) is 10.0 Å². The first-order valence-electron chi connectivity index (χ1n) is 10.7. The third kappa shape index (κ3) is 5.82. The molecule has 178 valence electrons. The molecule has 1 unspecified atom stereocenters. The zero-order chi connectivity index (χ0) is 24.5. The second kappa shape index (κ2) is 9.66. The number of nitrogens with two attached hydrogens (primary N) is 1. The van der Waals surface area contributed by atoms with E-state index in [1.165, 1.54) is 16.6 Å². The fourth-order valence-electron chi connectivity index (χ4n) is 3.97. The summed E-state index contributed by atoms with van der Waals surface area (Å²) in [5.41, 5.74) is 8.84. The minimum atomic E-state index is -3.22. The van der Waals surface area contributed by atoms with Crippen LogP contribution in [0.25, 0.3) is 10.9 Å². The summed E-state index contributed by atoms with van der Waals surface area (Å²) in [5, 5.41) is 10.7. The van der Waals surface area contributed by atoms with E-state index in [1.807, 2.05) is 0 Å². The number of aromatic nitrogens is 1. The van der Waals surface area contributed by atoms with E-state index < -0.39 is 21.9 Å². The standard InChI is InChI=1S/C23H30FN5O3S/c1-13(2)21(28-23(25)27-17-6-8-29(9-7-17)33(5,31)32)16-11-19-18(15(4)30)10-14(3)26-22(19)20(24)12-16/h10-12,15,17,30H,1,6-9H2,2-5H3,(H2,25,27)/b28-21+. The Morgan fingerprint density at radius 2 is 1.97 bits per heavy atom. The molecule has 1 aromatic heterocycles. The van der Waals surface area contributed by atoms with E-state index >= 15 is 0 Å². The van der Waals surface area contributed by atoms with Gasteiger partial charge in [0, 0.05) is 29.7 Å². The summed E-state index contributed by atoms with van der Waals surface area (Å²) in [6.45, 7) is 9.80. The lowest BCUT2D eigenvalue weighted by molar-refractivity contribution is 0.200. The van der Waals surface area contributed by atoms with Crippen LogP contribution in [0, 0.1) is 12.7 Å². The fraction of sp³-hybridized carbons (Fsp3) is 0.435. The molecule has 3 N–H and O–H groups in total. The first-order chi connectivity index (χ1) is 15.4. The van der Waals surface area contributed by atoms with Crippen molar-refractivity contribution < 1.29 is 17.9 Å². The number of sulfonamides is 1. The van der Waals surface area contributed by atoms with Crippen molar-refractivity contribution in [1.29, 1.82) is 0 Å². The highest BCUT2D eigenvalue weighted by Gasteiger charge is 2.25. The topological polar surface area (TPSA) is 121 Å². The zero-order valence-corrected chi connectivity index (χ0v) is 20.2. The van der Waals surface area contributed by atoms with Crippen LogP contribution in [0.4, 0.5) is 4.39 Å². The van der Waals surface area contributed by atoms with Crippen LogP contribution in [0.1, 0.15) is 49.6 Å². The number of aliphatic imine (C=N–C) groups is 2. The largest absolute Gasteiger partial charge is 0.389 e. The highest BCUT2D eigenvalue weighted by atomic mass is 32.2. The molecule has 1 saturated heterocycles. The summed E-state index contributed by atoms with van der Waals surface area (Å²) in [6.07, 6.45) is 1.47. The second-order valence-electron chi connectivity index (χ2n) is 8.50. The smallest absolute Gasteiger partial charge is 0.216 e. The average molecular weight is 476 g/mol. The van der Waals surface area contributed by atoms with E-state index in [0.29, 0.717) is 59.4 Å². The summed E-state index contributed by atoms with van der Waals surface area (Å²) in [4.78, 5) is 13.1. The molecule has 0 radical (unpaired) electrons. The van der Waals surface area contributed by atoms with Crippen LogP contribution in [0.2, 0.25) is 0 Å². The molecule has 10 heteroatoms. The molecular formula is C23H30FN5O3S. The van der Waals surface area contributed by atoms with Crippen molar-refractivity contribution in [2.24, 2.45) is 15.7 Å². The van der Waals surface area contributed by atoms with Crippen LogP contribution < -0.4 is 5.73 Å². The molecule has 0 aliphatic carbocycles. The Morgan fingerprint density at radius 3 is 2.52 bits per heavy atom. The summed E-state index contributed by atoms with van der Waals surface area (Å²) >= 11 is 0. The van der Waals surface area contributed by atoms with Crippen molar-refractivity contribution in [3.8, 4) is 0 Å². The van der Waals surface area contributed by atoms with Gasteiger partial charge in [-0.2, -0.15) is 0 Å². The number of pyridine rings is 1. The number of hydrogen-bond acceptors (Lipinski definition) is 5. The molecule has 0 bridgehead atoms. The van der Waals surface area contributed by atoms with Gasteiger partial charge >= 0.3 is 0 Å². The number of nitrogens with zero attached hydrogens (tertiary/aromatic N) is 4. The molecule has 1 aliphatic rings. The van der Waals surface area contributed by atoms with Gasteiger partial charge in [-0.15, -0.1) is 0 Å². The Balaban J connectivity index is 1.97. The summed E-state index contributed by atoms with van der Waals surface area (Å²) in [5.74, 6) is -0.519. The van der Waals surface area contributed by atoms with Crippen molar-refractivity contribution in [3.63, 3.8) is 0 Å². The van der Waals surface area contributed by atoms with Crippen molar-refractivity contribution in [2.45, 2.75) is 45.8 Å². The maximum atomic E-state index is 15.0. The average Bonchev–Trinajstić information content (AvgIpc) is 2.71. The lowest BCUT2D eigenvalue weighted by Gasteiger charge is -2.28. The van der Waals surface area contributed by atoms with E-state index in [0.717, 1.165) is 0 Å². The molecule has 33 heavy (non-hydrogen) atoms. The Kier molecular flexibility index (Phi) is 7.30. The summed E-state index contributed by atoms with van der Waals surface area (Å²) in [7, 11) is -3.22. The number of halogens is 1. The van der Waals surface area contributed by atoms with Gasteiger partial charge in [-0.05, 0) is 62.9 Å². The van der Waals surface area contributed by atoms with Gasteiger partial charge in [0.2, 0.25) is 16.0 Å². The van der Waals surface area contributed by atoms with Gasteiger partial charge in [0.25, 0.3) is 0 Å². The van der Waals surface area contributed by atoms with Crippen LogP contribution in [0.15, 0.2) is 40.3 Å². The molecule has 3 rings (SSSR count). The number of hydrogen-bond donors (Lipinski definition) is 2. The van der Waals surface area contributed by atoms with Crippen molar-refractivity contribution in [1.82, 2.24) is 9.29 Å². The van der Waals surface area contributed by atoms with Crippen molar-refractivity contribution >= 4 is 32.6 Å². The highest BCUT2D eigenvalue weighted by molar-refractivity contribution is 7.88. The van der Waals surface area contributed by atoms with Crippen LogP contribution >= 0.6 is 0 Å². The summed E-state index contributed by atoms with van der Waals surface area (Å²) < 4.78 is 39.8. The quantitative estimate of drug-likeness (QED) is 0.509. The Bertz CT molecular complexity index is 1250. The molecular weight excluding hydrogens is 445 g/mol. The Hall–Kier alpha value is -2.69.